The summed E-state index contributed by atoms with van der Waals surface area (Å²) in [6, 6.07) is 12.2. The third-order valence-corrected chi connectivity index (χ3v) is 2.88. The number of phenols is 1. The third kappa shape index (κ3) is 3.25. The summed E-state index contributed by atoms with van der Waals surface area (Å²) in [4.78, 5) is 4.19. The lowest BCUT2D eigenvalue weighted by molar-refractivity contribution is 0.372. The first-order valence-corrected chi connectivity index (χ1v) is 6.14. The zero-order valence-corrected chi connectivity index (χ0v) is 11.1. The minimum absolute atomic E-state index is 0.0534. The van der Waals surface area contributed by atoms with E-state index in [1.807, 2.05) is 18.2 Å². The summed E-state index contributed by atoms with van der Waals surface area (Å²) in [5.41, 5.74) is 1.59. The van der Waals surface area contributed by atoms with Crippen LogP contribution in [0.4, 0.5) is 0 Å². The number of aromatic nitrogens is 1. The van der Waals surface area contributed by atoms with Gasteiger partial charge in [-0.15, -0.1) is 0 Å². The maximum Gasteiger partial charge on any atom is 0.160 e. The van der Waals surface area contributed by atoms with Crippen LogP contribution in [0.2, 0.25) is 0 Å². The van der Waals surface area contributed by atoms with Gasteiger partial charge in [0.05, 0.1) is 18.9 Å². The third-order valence-electron chi connectivity index (χ3n) is 2.88. The molecule has 0 radical (unpaired) electrons. The minimum atomic E-state index is -0.494. The summed E-state index contributed by atoms with van der Waals surface area (Å²) in [5.74, 6) is 0.403. The number of rotatable bonds is 5. The van der Waals surface area contributed by atoms with Gasteiger partial charge in [-0.1, -0.05) is 12.1 Å². The van der Waals surface area contributed by atoms with Crippen LogP contribution in [0.5, 0.6) is 11.5 Å². The molecule has 20 heavy (non-hydrogen) atoms. The van der Waals surface area contributed by atoms with Crippen molar-refractivity contribution in [2.75, 3.05) is 7.11 Å². The molecule has 2 rings (SSSR count). The number of hydrogen-bond donors (Lipinski definition) is 2. The first kappa shape index (κ1) is 13.8. The van der Waals surface area contributed by atoms with E-state index in [0.29, 0.717) is 12.3 Å². The van der Waals surface area contributed by atoms with Crippen molar-refractivity contribution < 1.29 is 9.84 Å². The number of pyridine rings is 1. The van der Waals surface area contributed by atoms with Gasteiger partial charge in [-0.05, 0) is 29.8 Å². The Morgan fingerprint density at radius 1 is 1.40 bits per heavy atom. The topological polar surface area (TPSA) is 78.2 Å². The van der Waals surface area contributed by atoms with Gasteiger partial charge in [0, 0.05) is 12.7 Å². The van der Waals surface area contributed by atoms with Crippen molar-refractivity contribution in [1.29, 1.82) is 5.26 Å². The van der Waals surface area contributed by atoms with Crippen molar-refractivity contribution >= 4 is 0 Å². The number of nitriles is 1. The van der Waals surface area contributed by atoms with E-state index in [1.54, 1.807) is 18.3 Å². The second kappa shape index (κ2) is 6.55. The second-order valence-electron chi connectivity index (χ2n) is 4.20. The van der Waals surface area contributed by atoms with E-state index in [0.717, 1.165) is 11.3 Å². The Bertz CT molecular complexity index is 608. The van der Waals surface area contributed by atoms with E-state index in [4.69, 9.17) is 4.74 Å². The van der Waals surface area contributed by atoms with Crippen LogP contribution in [-0.4, -0.2) is 17.2 Å². The van der Waals surface area contributed by atoms with E-state index >= 15 is 0 Å². The molecule has 1 unspecified atom stereocenters. The highest BCUT2D eigenvalue weighted by Gasteiger charge is 2.12. The maximum atomic E-state index is 9.56. The Balaban J connectivity index is 2.11. The zero-order chi connectivity index (χ0) is 14.4. The molecule has 0 amide bonds. The first-order chi connectivity index (χ1) is 9.74. The largest absolute Gasteiger partial charge is 0.504 e. The molecule has 0 aliphatic rings. The van der Waals surface area contributed by atoms with Crippen molar-refractivity contribution in [2.24, 2.45) is 0 Å². The molecule has 102 valence electrons. The van der Waals surface area contributed by atoms with Crippen molar-refractivity contribution in [3.63, 3.8) is 0 Å². The average molecular weight is 269 g/mol. The van der Waals surface area contributed by atoms with Crippen LogP contribution in [-0.2, 0) is 6.54 Å². The molecule has 0 saturated heterocycles. The Labute approximate surface area is 117 Å². The second-order valence-corrected chi connectivity index (χ2v) is 4.20. The first-order valence-electron chi connectivity index (χ1n) is 6.14. The van der Waals surface area contributed by atoms with Crippen molar-refractivity contribution in [3.8, 4) is 17.6 Å². The van der Waals surface area contributed by atoms with Gasteiger partial charge in [-0.25, -0.2) is 0 Å². The Morgan fingerprint density at radius 3 is 2.90 bits per heavy atom. The number of benzene rings is 1. The lowest BCUT2D eigenvalue weighted by Crippen LogP contribution is -2.20. The van der Waals surface area contributed by atoms with E-state index in [9.17, 15) is 10.4 Å². The SMILES string of the molecule is COc1cc(C(C#N)NCc2ccccn2)ccc1O. The average Bonchev–Trinajstić information content (AvgIpc) is 2.50. The Kier molecular flexibility index (Phi) is 4.53. The molecule has 0 saturated carbocycles. The Morgan fingerprint density at radius 2 is 2.25 bits per heavy atom. The van der Waals surface area contributed by atoms with Gasteiger partial charge in [0.1, 0.15) is 6.04 Å². The fourth-order valence-corrected chi connectivity index (χ4v) is 1.82. The van der Waals surface area contributed by atoms with E-state index in [2.05, 4.69) is 16.4 Å². The van der Waals surface area contributed by atoms with E-state index in [-0.39, 0.29) is 5.75 Å². The number of phenolic OH excluding ortho intramolecular Hbond substituents is 1. The lowest BCUT2D eigenvalue weighted by atomic mass is 10.1. The number of nitrogens with one attached hydrogen (secondary N) is 1. The van der Waals surface area contributed by atoms with Gasteiger partial charge in [-0.2, -0.15) is 5.26 Å². The maximum absolute atomic E-state index is 9.56. The molecule has 0 spiro atoms. The molecule has 0 aliphatic carbocycles. The molecule has 0 aliphatic heterocycles. The smallest absolute Gasteiger partial charge is 0.160 e. The molecule has 0 fully saturated rings. The normalized spacial score (nSPS) is 11.6. The number of nitrogens with zero attached hydrogens (tertiary/aromatic N) is 2. The van der Waals surface area contributed by atoms with Gasteiger partial charge in [0.2, 0.25) is 0 Å². The standard InChI is InChI=1S/C15H15N3O2/c1-20-15-8-11(5-6-14(15)19)13(9-16)18-10-12-4-2-3-7-17-12/h2-8,13,18-19H,10H2,1H3. The van der Waals surface area contributed by atoms with Crippen LogP contribution in [0.1, 0.15) is 17.3 Å². The van der Waals surface area contributed by atoms with Gasteiger partial charge >= 0.3 is 0 Å². The molecule has 1 atom stereocenters. The quantitative estimate of drug-likeness (QED) is 0.869. The van der Waals surface area contributed by atoms with Crippen LogP contribution in [0, 0.1) is 11.3 Å². The molecule has 1 heterocycles. The fourth-order valence-electron chi connectivity index (χ4n) is 1.82. The fraction of sp³-hybridized carbons (Fsp3) is 0.200. The van der Waals surface area contributed by atoms with E-state index in [1.165, 1.54) is 13.2 Å². The minimum Gasteiger partial charge on any atom is -0.504 e. The number of ether oxygens (including phenoxy) is 1. The Hall–Kier alpha value is -2.58. The number of aromatic hydroxyl groups is 1. The number of hydrogen-bond acceptors (Lipinski definition) is 5. The monoisotopic (exact) mass is 269 g/mol. The summed E-state index contributed by atoms with van der Waals surface area (Å²) < 4.78 is 5.04. The molecule has 5 heteroatoms. The van der Waals surface area contributed by atoms with Crippen LogP contribution < -0.4 is 10.1 Å². The lowest BCUT2D eigenvalue weighted by Gasteiger charge is -2.13. The van der Waals surface area contributed by atoms with Crippen LogP contribution >= 0.6 is 0 Å². The highest BCUT2D eigenvalue weighted by Crippen LogP contribution is 2.28. The molecular weight excluding hydrogens is 254 g/mol. The van der Waals surface area contributed by atoms with Crippen LogP contribution in [0.25, 0.3) is 0 Å². The van der Waals surface area contributed by atoms with Crippen molar-refractivity contribution in [1.82, 2.24) is 10.3 Å². The van der Waals surface area contributed by atoms with Crippen LogP contribution in [0.15, 0.2) is 42.6 Å². The predicted molar refractivity (Wildman–Crippen MR) is 74.1 cm³/mol. The number of methoxy groups -OCH3 is 1. The molecule has 2 N–H and O–H groups in total. The summed E-state index contributed by atoms with van der Waals surface area (Å²) in [5, 5.41) is 21.9. The van der Waals surface area contributed by atoms with Crippen LogP contribution in [0.3, 0.4) is 0 Å². The van der Waals surface area contributed by atoms with Gasteiger partial charge in [0.15, 0.2) is 11.5 Å². The summed E-state index contributed by atoms with van der Waals surface area (Å²) in [7, 11) is 1.47. The highest BCUT2D eigenvalue weighted by atomic mass is 16.5. The highest BCUT2D eigenvalue weighted by molar-refractivity contribution is 5.43. The zero-order valence-electron chi connectivity index (χ0n) is 11.1. The molecule has 1 aromatic carbocycles. The molecule has 1 aromatic heterocycles. The predicted octanol–water partition coefficient (Wildman–Crippen LogP) is 2.15. The van der Waals surface area contributed by atoms with Gasteiger partial charge < -0.3 is 9.84 Å². The molecular formula is C15H15N3O2. The van der Waals surface area contributed by atoms with E-state index < -0.39 is 6.04 Å². The van der Waals surface area contributed by atoms with Crippen molar-refractivity contribution in [2.45, 2.75) is 12.6 Å². The van der Waals surface area contributed by atoms with Gasteiger partial charge in [-0.3, -0.25) is 10.3 Å². The summed E-state index contributed by atoms with van der Waals surface area (Å²) in [6.07, 6.45) is 1.71. The molecule has 2 aromatic rings. The molecule has 5 nitrogen and oxygen atoms in total. The summed E-state index contributed by atoms with van der Waals surface area (Å²) in [6.45, 7) is 0.488. The van der Waals surface area contributed by atoms with Crippen molar-refractivity contribution in [3.05, 3.63) is 53.9 Å². The molecule has 0 bridgehead atoms. The summed E-state index contributed by atoms with van der Waals surface area (Å²) >= 11 is 0. The van der Waals surface area contributed by atoms with Gasteiger partial charge in [0.25, 0.3) is 0 Å².